The van der Waals surface area contributed by atoms with Crippen LogP contribution in [-0.4, -0.2) is 71.2 Å². The minimum atomic E-state index is -5.19. The minimum Gasteiger partial charge on any atom is -0.343 e. The zero-order chi connectivity index (χ0) is 29.1. The van der Waals surface area contributed by atoms with Gasteiger partial charge in [-0.25, -0.2) is 0 Å². The molecule has 0 aromatic heterocycles. The largest absolute Gasteiger partial charge is 0.471 e. The molecule has 8 atom stereocenters. The molecule has 10 nitrogen and oxygen atoms in total. The van der Waals surface area contributed by atoms with Gasteiger partial charge in [0.25, 0.3) is 5.91 Å². The third kappa shape index (κ3) is 5.62. The Hall–Kier alpha value is -3.14. The zero-order valence-corrected chi connectivity index (χ0v) is 22.5. The van der Waals surface area contributed by atoms with Crippen LogP contribution in [0.3, 0.4) is 0 Å². The molecular weight excluding hydrogens is 519 g/mol. The molecule has 0 aromatic rings. The highest BCUT2D eigenvalue weighted by Gasteiger charge is 2.59. The van der Waals surface area contributed by atoms with E-state index in [1.165, 1.54) is 25.7 Å². The molecule has 4 amide bonds. The van der Waals surface area contributed by atoms with Gasteiger partial charge < -0.3 is 25.6 Å². The van der Waals surface area contributed by atoms with Crippen LogP contribution in [0.1, 0.15) is 47.5 Å². The van der Waals surface area contributed by atoms with Gasteiger partial charge in [0.05, 0.1) is 6.07 Å². The summed E-state index contributed by atoms with van der Waals surface area (Å²) in [7, 11) is 0. The summed E-state index contributed by atoms with van der Waals surface area (Å²) in [6, 6.07) is -1.75. The molecule has 1 saturated carbocycles. The summed E-state index contributed by atoms with van der Waals surface area (Å²) in [5.74, 6) is -4.32. The van der Waals surface area contributed by atoms with E-state index >= 15 is 0 Å². The first-order valence-corrected chi connectivity index (χ1v) is 13.0. The van der Waals surface area contributed by atoms with E-state index in [-0.39, 0.29) is 36.6 Å². The summed E-state index contributed by atoms with van der Waals surface area (Å²) in [6.45, 7) is 8.04. The number of hydrogen-bond donors (Lipinski definition) is 3. The fraction of sp³-hybridized carbons (Fsp3) is 0.731. The van der Waals surface area contributed by atoms with Gasteiger partial charge in [-0.15, -0.1) is 0 Å². The van der Waals surface area contributed by atoms with E-state index in [0.717, 1.165) is 6.42 Å². The molecule has 2 bridgehead atoms. The minimum absolute atomic E-state index is 0.00307. The second kappa shape index (κ2) is 9.80. The number of nitrogens with zero attached hydrogens (tertiary/aromatic N) is 2. The van der Waals surface area contributed by atoms with Gasteiger partial charge in [-0.1, -0.05) is 32.9 Å². The quantitative estimate of drug-likeness (QED) is 0.425. The van der Waals surface area contributed by atoms with Crippen LogP contribution in [0.15, 0.2) is 12.2 Å². The average Bonchev–Trinajstić information content (AvgIpc) is 3.55. The molecule has 2 saturated heterocycles. The fourth-order valence-corrected chi connectivity index (χ4v) is 6.39. The number of nitrogens with one attached hydrogen (secondary N) is 3. The van der Waals surface area contributed by atoms with Crippen LogP contribution in [0.4, 0.5) is 13.2 Å². The van der Waals surface area contributed by atoms with Crippen LogP contribution in [0.2, 0.25) is 0 Å². The lowest BCUT2D eigenvalue weighted by molar-refractivity contribution is -0.176. The lowest BCUT2D eigenvalue weighted by atomic mass is 9.81. The summed E-state index contributed by atoms with van der Waals surface area (Å²) >= 11 is 0. The fourth-order valence-electron chi connectivity index (χ4n) is 6.39. The summed E-state index contributed by atoms with van der Waals surface area (Å²) in [4.78, 5) is 52.8. The Morgan fingerprint density at radius 1 is 1.21 bits per heavy atom. The predicted octanol–water partition coefficient (Wildman–Crippen LogP) is 1.38. The van der Waals surface area contributed by atoms with Crippen molar-refractivity contribution in [2.45, 2.75) is 83.6 Å². The number of halogens is 3. The van der Waals surface area contributed by atoms with Gasteiger partial charge in [0, 0.05) is 13.0 Å². The Balaban J connectivity index is 1.58. The Bertz CT molecular complexity index is 1120. The van der Waals surface area contributed by atoms with Gasteiger partial charge in [-0.3, -0.25) is 19.2 Å². The second-order valence-electron chi connectivity index (χ2n) is 12.4. The molecule has 0 aromatic carbocycles. The van der Waals surface area contributed by atoms with E-state index in [1.807, 2.05) is 23.5 Å². The SMILES string of the molecule is CC1(C)NC(=O)[C@H](C[C@@H](C#N)NC(=O)[C@@H]2[C@@H]3[C@H](CN2C(=O)[C@@H](NC(=O)C(F)(F)F)C(C)(C)C)[C@@H]2C=C[C@H]3C2)O1. The molecule has 2 heterocycles. The highest BCUT2D eigenvalue weighted by molar-refractivity contribution is 5.94. The maximum atomic E-state index is 13.8. The normalized spacial score (nSPS) is 32.3. The Kier molecular flexibility index (Phi) is 7.25. The van der Waals surface area contributed by atoms with Crippen LogP contribution >= 0.6 is 0 Å². The van der Waals surface area contributed by atoms with Crippen molar-refractivity contribution in [3.63, 3.8) is 0 Å². The lowest BCUT2D eigenvalue weighted by Crippen LogP contribution is -2.60. The zero-order valence-electron chi connectivity index (χ0n) is 22.5. The van der Waals surface area contributed by atoms with E-state index in [4.69, 9.17) is 4.74 Å². The standard InChI is InChI=1S/C26H34F3N5O5/c1-24(2,3)19(32-23(38)26(27,28)29)22(37)34-11-15-12-6-7-13(8-12)17(15)18(34)21(36)31-14(10-30)9-16-20(35)33-25(4,5)39-16/h6-7,12-19H,8-9,11H2,1-5H3,(H,31,36)(H,32,38)(H,33,35)/t12-,13+,14+,15-,16+,17+,18+,19-/m1/s1. The molecule has 0 unspecified atom stereocenters. The van der Waals surface area contributed by atoms with Crippen LogP contribution in [0, 0.1) is 40.4 Å². The van der Waals surface area contributed by atoms with Crippen molar-refractivity contribution in [2.24, 2.45) is 29.1 Å². The molecule has 4 aliphatic rings. The van der Waals surface area contributed by atoms with E-state index in [1.54, 1.807) is 13.8 Å². The molecule has 3 N–H and O–H groups in total. The van der Waals surface area contributed by atoms with E-state index in [0.29, 0.717) is 0 Å². The van der Waals surface area contributed by atoms with E-state index in [2.05, 4.69) is 10.6 Å². The summed E-state index contributed by atoms with van der Waals surface area (Å²) in [5, 5.41) is 16.9. The highest BCUT2D eigenvalue weighted by atomic mass is 19.4. The molecule has 39 heavy (non-hydrogen) atoms. The van der Waals surface area contributed by atoms with Crippen LogP contribution in [0.25, 0.3) is 0 Å². The average molecular weight is 554 g/mol. The van der Waals surface area contributed by atoms with Crippen molar-refractivity contribution in [3.05, 3.63) is 12.2 Å². The van der Waals surface area contributed by atoms with Crippen LogP contribution in [-0.2, 0) is 23.9 Å². The number of rotatable bonds is 6. The van der Waals surface area contributed by atoms with Crippen LogP contribution in [0.5, 0.6) is 0 Å². The Morgan fingerprint density at radius 3 is 2.38 bits per heavy atom. The highest BCUT2D eigenvalue weighted by Crippen LogP contribution is 2.54. The number of likely N-dealkylation sites (tertiary alicyclic amines) is 1. The number of ether oxygens (including phenoxy) is 1. The number of hydrogen-bond acceptors (Lipinski definition) is 6. The van der Waals surface area contributed by atoms with Gasteiger partial charge in [-0.2, -0.15) is 18.4 Å². The first kappa shape index (κ1) is 28.9. The van der Waals surface area contributed by atoms with Crippen LogP contribution < -0.4 is 16.0 Å². The molecule has 13 heteroatoms. The molecule has 0 radical (unpaired) electrons. The number of alkyl halides is 3. The van der Waals surface area contributed by atoms with Crippen molar-refractivity contribution in [2.75, 3.05) is 6.54 Å². The number of amides is 4. The first-order valence-electron chi connectivity index (χ1n) is 13.0. The third-order valence-corrected chi connectivity index (χ3v) is 8.07. The lowest BCUT2D eigenvalue weighted by Gasteiger charge is -2.37. The van der Waals surface area contributed by atoms with Gasteiger partial charge in [0.2, 0.25) is 11.8 Å². The molecular formula is C26H34F3N5O5. The van der Waals surface area contributed by atoms with Gasteiger partial charge >= 0.3 is 12.1 Å². The summed E-state index contributed by atoms with van der Waals surface area (Å²) < 4.78 is 44.9. The maximum absolute atomic E-state index is 13.8. The number of carbonyl (C=O) groups is 4. The maximum Gasteiger partial charge on any atom is 0.471 e. The van der Waals surface area contributed by atoms with Crippen molar-refractivity contribution < 1.29 is 37.1 Å². The molecule has 2 aliphatic carbocycles. The van der Waals surface area contributed by atoms with Gasteiger partial charge in [0.1, 0.15) is 30.0 Å². The summed E-state index contributed by atoms with van der Waals surface area (Å²) in [6.07, 6.45) is -1.43. The molecule has 3 fully saturated rings. The topological polar surface area (TPSA) is 141 Å². The molecule has 0 spiro atoms. The van der Waals surface area contributed by atoms with E-state index in [9.17, 15) is 37.6 Å². The van der Waals surface area contributed by atoms with Crippen molar-refractivity contribution >= 4 is 23.6 Å². The second-order valence-corrected chi connectivity index (χ2v) is 12.4. The number of carbonyl (C=O) groups excluding carboxylic acids is 4. The van der Waals surface area contributed by atoms with Crippen molar-refractivity contribution in [1.82, 2.24) is 20.9 Å². The first-order chi connectivity index (χ1) is 17.9. The number of allylic oxidation sites excluding steroid dienone is 2. The summed E-state index contributed by atoms with van der Waals surface area (Å²) in [5.41, 5.74) is -2.02. The molecule has 2 aliphatic heterocycles. The molecule has 214 valence electrons. The predicted molar refractivity (Wildman–Crippen MR) is 130 cm³/mol. The monoisotopic (exact) mass is 553 g/mol. The van der Waals surface area contributed by atoms with Crippen molar-refractivity contribution in [1.29, 1.82) is 5.26 Å². The Labute approximate surface area is 224 Å². The van der Waals surface area contributed by atoms with E-state index < -0.39 is 65.2 Å². The van der Waals surface area contributed by atoms with Gasteiger partial charge in [-0.05, 0) is 49.4 Å². The van der Waals surface area contributed by atoms with Crippen molar-refractivity contribution in [3.8, 4) is 6.07 Å². The number of nitriles is 1. The molecule has 4 rings (SSSR count). The smallest absolute Gasteiger partial charge is 0.343 e. The van der Waals surface area contributed by atoms with Gasteiger partial charge in [0.15, 0.2) is 0 Å². The Morgan fingerprint density at radius 2 is 1.85 bits per heavy atom. The number of fused-ring (bicyclic) bond motifs is 5. The third-order valence-electron chi connectivity index (χ3n) is 8.07.